The van der Waals surface area contributed by atoms with E-state index in [1.54, 1.807) is 0 Å². The lowest BCUT2D eigenvalue weighted by molar-refractivity contribution is -0.137. The third-order valence-corrected chi connectivity index (χ3v) is 4.98. The van der Waals surface area contributed by atoms with Crippen LogP contribution < -0.4 is 0 Å². The predicted octanol–water partition coefficient (Wildman–Crippen LogP) is 4.65. The first-order valence-corrected chi connectivity index (χ1v) is 9.65. The minimum Gasteiger partial charge on any atom is -0.481 e. The molecule has 4 nitrogen and oxygen atoms in total. The van der Waals surface area contributed by atoms with Gasteiger partial charge in [-0.15, -0.1) is 0 Å². The Balaban J connectivity index is 2.29. The van der Waals surface area contributed by atoms with Crippen molar-refractivity contribution in [3.05, 3.63) is 11.6 Å². The monoisotopic (exact) mass is 338 g/mol. The fourth-order valence-electron chi connectivity index (χ4n) is 3.49. The molecular formula is C20H34O4. The van der Waals surface area contributed by atoms with Gasteiger partial charge in [0.05, 0.1) is 6.10 Å². The molecule has 1 saturated carbocycles. The summed E-state index contributed by atoms with van der Waals surface area (Å²) in [6.45, 7) is 2.14. The summed E-state index contributed by atoms with van der Waals surface area (Å²) in [5.41, 5.74) is 1.26. The maximum atomic E-state index is 11.9. The zero-order valence-corrected chi connectivity index (χ0v) is 15.1. The molecule has 1 aliphatic carbocycles. The number of carbonyl (C=O) groups excluding carboxylic acids is 1. The minimum absolute atomic E-state index is 0.202. The van der Waals surface area contributed by atoms with Gasteiger partial charge in [0.15, 0.2) is 0 Å². The summed E-state index contributed by atoms with van der Waals surface area (Å²) in [5, 5.41) is 18.8. The molecule has 0 aromatic carbocycles. The molecule has 4 heteroatoms. The number of Topliss-reactive ketones (excluding diaryl/α,β-unsaturated/α-hetero) is 1. The maximum Gasteiger partial charge on any atom is 0.303 e. The Morgan fingerprint density at radius 2 is 1.79 bits per heavy atom. The molecule has 0 aromatic heterocycles. The van der Waals surface area contributed by atoms with Crippen molar-refractivity contribution in [3.8, 4) is 0 Å². The van der Waals surface area contributed by atoms with Gasteiger partial charge in [-0.2, -0.15) is 0 Å². The number of carboxylic acids is 1. The van der Waals surface area contributed by atoms with Gasteiger partial charge in [0.2, 0.25) is 0 Å². The van der Waals surface area contributed by atoms with Gasteiger partial charge in [-0.3, -0.25) is 9.59 Å². The van der Waals surface area contributed by atoms with Crippen molar-refractivity contribution in [3.63, 3.8) is 0 Å². The van der Waals surface area contributed by atoms with Crippen molar-refractivity contribution in [2.75, 3.05) is 0 Å². The van der Waals surface area contributed by atoms with Gasteiger partial charge in [0.1, 0.15) is 5.78 Å². The molecule has 2 N–H and O–H groups in total. The first-order chi connectivity index (χ1) is 11.5. The summed E-state index contributed by atoms with van der Waals surface area (Å²) in [6.07, 6.45) is 12.8. The Labute approximate surface area is 146 Å². The Bertz CT molecular complexity index is 414. The molecule has 0 spiro atoms. The first-order valence-electron chi connectivity index (χ1n) is 9.65. The van der Waals surface area contributed by atoms with E-state index in [-0.39, 0.29) is 18.4 Å². The molecule has 0 heterocycles. The number of rotatable bonds is 13. The van der Waals surface area contributed by atoms with Gasteiger partial charge in [0.25, 0.3) is 0 Å². The van der Waals surface area contributed by atoms with Crippen molar-refractivity contribution in [2.24, 2.45) is 5.92 Å². The predicted molar refractivity (Wildman–Crippen MR) is 95.9 cm³/mol. The molecule has 1 rings (SSSR count). The first kappa shape index (κ1) is 20.9. The van der Waals surface area contributed by atoms with Crippen molar-refractivity contribution in [2.45, 2.75) is 96.5 Å². The Hall–Kier alpha value is -1.16. The standard InChI is InChI=1S/C20H34O4/c1-2-3-6-9-17(21)14-12-16-13-15-19(22)18(16)10-7-4-5-8-11-20(23)24/h12,18-19,22H,2-11,13-15H2,1H3,(H,23,24)/t18-,19?/m1/s1. The number of carboxylic acid groups (broad SMARTS) is 1. The summed E-state index contributed by atoms with van der Waals surface area (Å²) in [7, 11) is 0. The summed E-state index contributed by atoms with van der Waals surface area (Å²) in [6, 6.07) is 0. The number of aliphatic carboxylic acids is 1. The topological polar surface area (TPSA) is 74.6 Å². The number of hydrogen-bond donors (Lipinski definition) is 2. The van der Waals surface area contributed by atoms with Crippen LogP contribution in [-0.2, 0) is 9.59 Å². The molecule has 0 bridgehead atoms. The average Bonchev–Trinajstić information content (AvgIpc) is 2.89. The van der Waals surface area contributed by atoms with E-state index < -0.39 is 5.97 Å². The Kier molecular flexibility index (Phi) is 10.6. The van der Waals surface area contributed by atoms with Crippen molar-refractivity contribution in [1.29, 1.82) is 0 Å². The largest absolute Gasteiger partial charge is 0.481 e. The normalized spacial score (nSPS) is 22.2. The number of allylic oxidation sites excluding steroid dienone is 1. The number of carbonyl (C=O) groups is 2. The molecule has 2 atom stereocenters. The van der Waals surface area contributed by atoms with E-state index >= 15 is 0 Å². The van der Waals surface area contributed by atoms with Crippen LogP contribution in [0.3, 0.4) is 0 Å². The molecule has 0 radical (unpaired) electrons. The number of aliphatic hydroxyl groups is 1. The second-order valence-corrected chi connectivity index (χ2v) is 7.04. The van der Waals surface area contributed by atoms with E-state index in [9.17, 15) is 14.7 Å². The third kappa shape index (κ3) is 8.62. The van der Waals surface area contributed by atoms with Crippen LogP contribution in [0.4, 0.5) is 0 Å². The highest BCUT2D eigenvalue weighted by atomic mass is 16.4. The maximum absolute atomic E-state index is 11.9. The van der Waals surface area contributed by atoms with Gasteiger partial charge in [-0.05, 0) is 32.1 Å². The highest BCUT2D eigenvalue weighted by Gasteiger charge is 2.29. The lowest BCUT2D eigenvalue weighted by Gasteiger charge is -2.16. The van der Waals surface area contributed by atoms with E-state index in [0.29, 0.717) is 18.6 Å². The van der Waals surface area contributed by atoms with Crippen LogP contribution in [-0.4, -0.2) is 28.1 Å². The Morgan fingerprint density at radius 3 is 2.50 bits per heavy atom. The lowest BCUT2D eigenvalue weighted by Crippen LogP contribution is -2.14. The van der Waals surface area contributed by atoms with E-state index in [4.69, 9.17) is 5.11 Å². The third-order valence-electron chi connectivity index (χ3n) is 4.98. The summed E-state index contributed by atoms with van der Waals surface area (Å²) in [5.74, 6) is -0.215. The van der Waals surface area contributed by atoms with Crippen LogP contribution in [0.2, 0.25) is 0 Å². The second kappa shape index (κ2) is 12.2. The number of hydrogen-bond acceptors (Lipinski definition) is 3. The SMILES string of the molecule is CCCCCC(=O)CC=C1CCC(O)[C@@H]1CCCCCCC(=O)O. The minimum atomic E-state index is -0.727. The van der Waals surface area contributed by atoms with Gasteiger partial charge in [-0.1, -0.05) is 50.7 Å². The molecule has 0 saturated heterocycles. The fraction of sp³-hybridized carbons (Fsp3) is 0.800. The lowest BCUT2D eigenvalue weighted by atomic mass is 9.92. The fourth-order valence-corrected chi connectivity index (χ4v) is 3.49. The van der Waals surface area contributed by atoms with Gasteiger partial charge < -0.3 is 10.2 Å². The zero-order valence-electron chi connectivity index (χ0n) is 15.1. The van der Waals surface area contributed by atoms with E-state index in [0.717, 1.165) is 64.2 Å². The molecule has 0 aromatic rings. The molecular weight excluding hydrogens is 304 g/mol. The van der Waals surface area contributed by atoms with Crippen LogP contribution in [0.5, 0.6) is 0 Å². The highest BCUT2D eigenvalue weighted by molar-refractivity contribution is 5.79. The van der Waals surface area contributed by atoms with E-state index in [2.05, 4.69) is 13.0 Å². The Morgan fingerprint density at radius 1 is 1.08 bits per heavy atom. The highest BCUT2D eigenvalue weighted by Crippen LogP contribution is 2.35. The van der Waals surface area contributed by atoms with Crippen LogP contribution in [0, 0.1) is 5.92 Å². The van der Waals surface area contributed by atoms with E-state index in [1.807, 2.05) is 0 Å². The van der Waals surface area contributed by atoms with Crippen LogP contribution in [0.25, 0.3) is 0 Å². The zero-order chi connectivity index (χ0) is 17.8. The average molecular weight is 338 g/mol. The molecule has 1 fully saturated rings. The van der Waals surface area contributed by atoms with E-state index in [1.165, 1.54) is 5.57 Å². The van der Waals surface area contributed by atoms with Gasteiger partial charge in [0, 0.05) is 25.2 Å². The molecule has 138 valence electrons. The van der Waals surface area contributed by atoms with Crippen molar-refractivity contribution in [1.82, 2.24) is 0 Å². The number of aliphatic hydroxyl groups excluding tert-OH is 1. The van der Waals surface area contributed by atoms with Crippen LogP contribution in [0.1, 0.15) is 90.4 Å². The smallest absolute Gasteiger partial charge is 0.303 e. The van der Waals surface area contributed by atoms with Crippen molar-refractivity contribution >= 4 is 11.8 Å². The second-order valence-electron chi connectivity index (χ2n) is 7.04. The summed E-state index contributed by atoms with van der Waals surface area (Å²) in [4.78, 5) is 22.4. The molecule has 0 amide bonds. The number of ketones is 1. The number of unbranched alkanes of at least 4 members (excludes halogenated alkanes) is 5. The van der Waals surface area contributed by atoms with Gasteiger partial charge >= 0.3 is 5.97 Å². The van der Waals surface area contributed by atoms with Crippen molar-refractivity contribution < 1.29 is 19.8 Å². The summed E-state index contributed by atoms with van der Waals surface area (Å²) < 4.78 is 0. The van der Waals surface area contributed by atoms with Gasteiger partial charge in [-0.25, -0.2) is 0 Å². The van der Waals surface area contributed by atoms with Crippen LogP contribution >= 0.6 is 0 Å². The molecule has 1 unspecified atom stereocenters. The molecule has 0 aliphatic heterocycles. The van der Waals surface area contributed by atoms with Crippen LogP contribution in [0.15, 0.2) is 11.6 Å². The quantitative estimate of drug-likeness (QED) is 0.379. The molecule has 24 heavy (non-hydrogen) atoms. The molecule has 1 aliphatic rings. The summed E-state index contributed by atoms with van der Waals surface area (Å²) >= 11 is 0.